The van der Waals surface area contributed by atoms with Gasteiger partial charge in [0, 0.05) is 24.6 Å². The summed E-state index contributed by atoms with van der Waals surface area (Å²) in [6, 6.07) is 9.53. The van der Waals surface area contributed by atoms with Crippen LogP contribution in [-0.4, -0.2) is 47.1 Å². The molecule has 6 heteroatoms. The Bertz CT molecular complexity index is 575. The van der Waals surface area contributed by atoms with E-state index in [9.17, 15) is 4.79 Å². The van der Waals surface area contributed by atoms with E-state index in [-0.39, 0.29) is 11.4 Å². The van der Waals surface area contributed by atoms with Crippen LogP contribution in [0.1, 0.15) is 43.5 Å². The average molecular weight is 352 g/mol. The summed E-state index contributed by atoms with van der Waals surface area (Å²) in [4.78, 5) is 20.4. The summed E-state index contributed by atoms with van der Waals surface area (Å²) in [5.74, 6) is -0.272. The van der Waals surface area contributed by atoms with Gasteiger partial charge in [-0.15, -0.1) is 0 Å². The number of alkyl halides is 1. The van der Waals surface area contributed by atoms with Gasteiger partial charge in [0.1, 0.15) is 0 Å². The van der Waals surface area contributed by atoms with Gasteiger partial charge in [-0.1, -0.05) is 29.8 Å². The van der Waals surface area contributed by atoms with Gasteiger partial charge in [0.2, 0.25) is 0 Å². The molecule has 0 aromatic heterocycles. The van der Waals surface area contributed by atoms with Crippen molar-refractivity contribution in [1.29, 1.82) is 0 Å². The van der Waals surface area contributed by atoms with Gasteiger partial charge in [-0.05, 0) is 51.9 Å². The lowest BCUT2D eigenvalue weighted by Crippen LogP contribution is -2.58. The Morgan fingerprint density at radius 1 is 1.29 bits per heavy atom. The number of likely N-dealkylation sites (tertiary alicyclic amines) is 1. The van der Waals surface area contributed by atoms with Crippen molar-refractivity contribution in [3.63, 3.8) is 0 Å². The minimum absolute atomic E-state index is 0.272. The summed E-state index contributed by atoms with van der Waals surface area (Å²) in [6.45, 7) is 7.16. The van der Waals surface area contributed by atoms with Gasteiger partial charge in [-0.2, -0.15) is 0 Å². The molecule has 2 saturated heterocycles. The van der Waals surface area contributed by atoms with Gasteiger partial charge < -0.3 is 5.32 Å². The average Bonchev–Trinajstić information content (AvgIpc) is 2.84. The molecule has 1 atom stereocenters. The maximum absolute atomic E-state index is 12.2. The summed E-state index contributed by atoms with van der Waals surface area (Å²) in [5, 5.41) is 2.47. The van der Waals surface area contributed by atoms with Gasteiger partial charge in [-0.3, -0.25) is 9.69 Å². The number of benzene rings is 1. The molecule has 1 amide bonds. The van der Waals surface area contributed by atoms with E-state index < -0.39 is 5.06 Å². The predicted molar refractivity (Wildman–Crippen MR) is 94.9 cm³/mol. The molecular formula is C18H26ClN3O2. The van der Waals surface area contributed by atoms with Crippen LogP contribution in [0.25, 0.3) is 0 Å². The zero-order chi connectivity index (χ0) is 17.2. The molecule has 0 spiro atoms. The summed E-state index contributed by atoms with van der Waals surface area (Å²) in [5.41, 5.74) is 2.75. The normalized spacial score (nSPS) is 28.0. The van der Waals surface area contributed by atoms with E-state index in [1.807, 2.05) is 18.2 Å². The van der Waals surface area contributed by atoms with E-state index in [4.69, 9.17) is 16.4 Å². The number of nitrogens with zero attached hydrogens (tertiary/aromatic N) is 1. The highest BCUT2D eigenvalue weighted by atomic mass is 35.5. The summed E-state index contributed by atoms with van der Waals surface area (Å²) in [7, 11) is 0. The van der Waals surface area contributed by atoms with Gasteiger partial charge in [0.05, 0.1) is 5.54 Å². The van der Waals surface area contributed by atoms with Crippen LogP contribution >= 0.6 is 11.6 Å². The van der Waals surface area contributed by atoms with Gasteiger partial charge in [0.15, 0.2) is 5.06 Å². The van der Waals surface area contributed by atoms with Crippen LogP contribution in [-0.2, 0) is 4.84 Å². The van der Waals surface area contributed by atoms with Crippen molar-refractivity contribution in [1.82, 2.24) is 15.7 Å². The van der Waals surface area contributed by atoms with Crippen LogP contribution in [0.4, 0.5) is 0 Å². The van der Waals surface area contributed by atoms with Crippen molar-refractivity contribution < 1.29 is 9.63 Å². The van der Waals surface area contributed by atoms with Crippen LogP contribution in [0.3, 0.4) is 0 Å². The summed E-state index contributed by atoms with van der Waals surface area (Å²) >= 11 is 6.81. The van der Waals surface area contributed by atoms with Crippen molar-refractivity contribution in [2.75, 3.05) is 19.6 Å². The number of carbonyl (C=O) groups is 1. The van der Waals surface area contributed by atoms with E-state index in [1.165, 1.54) is 0 Å². The Kier molecular flexibility index (Phi) is 5.16. The van der Waals surface area contributed by atoms with Crippen molar-refractivity contribution in [2.45, 2.75) is 49.8 Å². The fourth-order valence-electron chi connectivity index (χ4n) is 3.77. The van der Waals surface area contributed by atoms with Gasteiger partial charge >= 0.3 is 0 Å². The number of amides is 1. The molecule has 0 saturated carbocycles. The summed E-state index contributed by atoms with van der Waals surface area (Å²) in [6.07, 6.45) is 2.92. The molecule has 2 heterocycles. The molecule has 5 nitrogen and oxygen atoms in total. The Balaban J connectivity index is 1.65. The number of nitrogens with one attached hydrogen (secondary N) is 2. The molecule has 1 aromatic rings. The number of rotatable bonds is 4. The number of piperidine rings is 1. The number of halogens is 1. The molecule has 132 valence electrons. The van der Waals surface area contributed by atoms with E-state index in [2.05, 4.69) is 29.5 Å². The monoisotopic (exact) mass is 351 g/mol. The molecule has 2 aliphatic rings. The maximum Gasteiger partial charge on any atom is 0.274 e. The molecule has 0 unspecified atom stereocenters. The first-order valence-corrected chi connectivity index (χ1v) is 9.02. The molecule has 24 heavy (non-hydrogen) atoms. The number of hydrogen-bond acceptors (Lipinski definition) is 4. The first kappa shape index (κ1) is 17.7. The molecule has 0 radical (unpaired) electrons. The molecule has 0 bridgehead atoms. The van der Waals surface area contributed by atoms with E-state index in [1.54, 1.807) is 12.1 Å². The Morgan fingerprint density at radius 2 is 1.96 bits per heavy atom. The lowest BCUT2D eigenvalue weighted by molar-refractivity contribution is -0.0912. The second-order valence-corrected chi connectivity index (χ2v) is 7.72. The predicted octanol–water partition coefficient (Wildman–Crippen LogP) is 2.52. The first-order chi connectivity index (χ1) is 11.4. The zero-order valence-electron chi connectivity index (χ0n) is 14.3. The van der Waals surface area contributed by atoms with E-state index in [0.29, 0.717) is 18.0 Å². The third-order valence-electron chi connectivity index (χ3n) is 5.40. The highest BCUT2D eigenvalue weighted by Crippen LogP contribution is 2.45. The fraction of sp³-hybridized carbons (Fsp3) is 0.611. The fourth-order valence-corrected chi connectivity index (χ4v) is 4.00. The lowest BCUT2D eigenvalue weighted by Gasteiger charge is -2.45. The standard InChI is InChI=1S/C18H26ClN3O2/c1-17(2)18(19,10-13-22(17)15-8-11-20-12-9-15)24-21-16(23)14-6-4-3-5-7-14/h3-7,15,20H,8-13H2,1-2H3,(H,21,23)/t18-/m0/s1. The van der Waals surface area contributed by atoms with Crippen LogP contribution < -0.4 is 10.8 Å². The topological polar surface area (TPSA) is 53.6 Å². The number of hydroxylamine groups is 1. The highest BCUT2D eigenvalue weighted by molar-refractivity contribution is 6.24. The smallest absolute Gasteiger partial charge is 0.274 e. The van der Waals surface area contributed by atoms with Gasteiger partial charge in [0.25, 0.3) is 5.91 Å². The Labute approximate surface area is 148 Å². The molecule has 2 aliphatic heterocycles. The third-order valence-corrected chi connectivity index (χ3v) is 6.13. The largest absolute Gasteiger partial charge is 0.317 e. The van der Waals surface area contributed by atoms with Crippen molar-refractivity contribution in [3.8, 4) is 0 Å². The van der Waals surface area contributed by atoms with Crippen LogP contribution in [0.5, 0.6) is 0 Å². The molecule has 1 aromatic carbocycles. The Hall–Kier alpha value is -1.14. The Morgan fingerprint density at radius 3 is 2.62 bits per heavy atom. The number of carbonyl (C=O) groups excluding carboxylic acids is 1. The SMILES string of the molecule is CC1(C)N(C2CCNCC2)CC[C@]1(Cl)ONC(=O)c1ccccc1. The zero-order valence-corrected chi connectivity index (χ0v) is 15.1. The second kappa shape index (κ2) is 7.00. The van der Waals surface area contributed by atoms with Gasteiger partial charge in [-0.25, -0.2) is 10.3 Å². The highest BCUT2D eigenvalue weighted by Gasteiger charge is 2.56. The minimum Gasteiger partial charge on any atom is -0.317 e. The molecule has 3 rings (SSSR count). The van der Waals surface area contributed by atoms with Crippen LogP contribution in [0.2, 0.25) is 0 Å². The second-order valence-electron chi connectivity index (χ2n) is 7.11. The van der Waals surface area contributed by atoms with Crippen molar-refractivity contribution in [3.05, 3.63) is 35.9 Å². The van der Waals surface area contributed by atoms with E-state index in [0.717, 1.165) is 32.5 Å². The maximum atomic E-state index is 12.2. The van der Waals surface area contributed by atoms with Crippen LogP contribution in [0.15, 0.2) is 30.3 Å². The quantitative estimate of drug-likeness (QED) is 0.646. The third kappa shape index (κ3) is 3.31. The van der Waals surface area contributed by atoms with Crippen molar-refractivity contribution in [2.24, 2.45) is 0 Å². The number of hydrogen-bond donors (Lipinski definition) is 2. The minimum atomic E-state index is -0.928. The first-order valence-electron chi connectivity index (χ1n) is 8.64. The molecule has 0 aliphatic carbocycles. The molecule has 2 N–H and O–H groups in total. The van der Waals surface area contributed by atoms with Crippen molar-refractivity contribution >= 4 is 17.5 Å². The van der Waals surface area contributed by atoms with Crippen LogP contribution in [0, 0.1) is 0 Å². The molecule has 2 fully saturated rings. The van der Waals surface area contributed by atoms with E-state index >= 15 is 0 Å². The molecular weight excluding hydrogens is 326 g/mol. The summed E-state index contributed by atoms with van der Waals surface area (Å²) < 4.78 is 0. The lowest BCUT2D eigenvalue weighted by atomic mass is 9.94.